The molecule has 0 radical (unpaired) electrons. The minimum atomic E-state index is -1.17. The van der Waals surface area contributed by atoms with Gasteiger partial charge in [0, 0.05) is 6.42 Å². The molecule has 1 unspecified atom stereocenters. The molecule has 0 bridgehead atoms. The molecule has 34 heavy (non-hydrogen) atoms. The molecular weight excluding hydrogens is 446 g/mol. The van der Waals surface area contributed by atoms with E-state index in [0.717, 1.165) is 31.4 Å². The largest absolute Gasteiger partial charge is 0.504 e. The molecule has 0 amide bonds. The average Bonchev–Trinajstić information content (AvgIpc) is 2.79. The van der Waals surface area contributed by atoms with Crippen LogP contribution in [0.2, 0.25) is 0 Å². The second-order valence-corrected chi connectivity index (χ2v) is 8.06. The fourth-order valence-corrected chi connectivity index (χ4v) is 2.96. The van der Waals surface area contributed by atoms with E-state index in [9.17, 15) is 29.7 Å². The summed E-state index contributed by atoms with van der Waals surface area (Å²) in [6, 6.07) is 1.10. The van der Waals surface area contributed by atoms with E-state index >= 15 is 0 Å². The molecule has 1 rings (SSSR count). The van der Waals surface area contributed by atoms with Crippen molar-refractivity contribution in [2.75, 3.05) is 6.61 Å². The predicted octanol–water partition coefficient (Wildman–Crippen LogP) is 4.14. The number of carbonyl (C=O) groups excluding carboxylic acids is 1. The summed E-state index contributed by atoms with van der Waals surface area (Å²) in [7, 11) is 0. The van der Waals surface area contributed by atoms with Crippen LogP contribution in [0.3, 0.4) is 0 Å². The Labute approximate surface area is 200 Å². The number of nitrogens with two attached hydrogens (primary N) is 1. The van der Waals surface area contributed by atoms with Crippen LogP contribution in [0, 0.1) is 0 Å². The zero-order valence-corrected chi connectivity index (χ0v) is 19.9. The van der Waals surface area contributed by atoms with Crippen molar-refractivity contribution >= 4 is 17.9 Å². The maximum absolute atomic E-state index is 11.8. The number of phenolic OH excluding ortho intramolecular Hbond substituents is 3. The molecular formula is C24H39NO9. The van der Waals surface area contributed by atoms with Gasteiger partial charge in [0.05, 0.1) is 12.2 Å². The molecule has 10 heteroatoms. The standard InChI is InChI=1S/C19H30O5.C5H9NO4/c1-2-3-4-5-6-7-8-9-10-11-12-24-19(23)15-13-16(20)18(22)17(21)14-15;6-3(5(9)10)1-2-4(7)8/h13-14,20-22H,2-12H2,1H3;3H,1-2,6H2,(H,7,8)(H,9,10). The number of aromatic hydroxyl groups is 3. The molecule has 0 saturated carbocycles. The lowest BCUT2D eigenvalue weighted by molar-refractivity contribution is -0.139. The van der Waals surface area contributed by atoms with Crippen LogP contribution in [0.25, 0.3) is 0 Å². The first kappa shape index (κ1) is 31.0. The number of benzene rings is 1. The first-order valence-electron chi connectivity index (χ1n) is 11.7. The minimum Gasteiger partial charge on any atom is -0.504 e. The van der Waals surface area contributed by atoms with E-state index in [4.69, 9.17) is 20.7 Å². The number of ether oxygens (including phenoxy) is 1. The van der Waals surface area contributed by atoms with Crippen LogP contribution in [-0.4, -0.2) is 56.1 Å². The quantitative estimate of drug-likeness (QED) is 0.113. The Morgan fingerprint density at radius 1 is 0.853 bits per heavy atom. The van der Waals surface area contributed by atoms with Crippen LogP contribution in [0.1, 0.15) is 94.3 Å². The van der Waals surface area contributed by atoms with E-state index in [1.165, 1.54) is 44.9 Å². The summed E-state index contributed by atoms with van der Waals surface area (Å²) in [5.41, 5.74) is 5.02. The molecule has 0 aliphatic rings. The van der Waals surface area contributed by atoms with Crippen molar-refractivity contribution in [2.45, 2.75) is 90.0 Å². The van der Waals surface area contributed by atoms with Gasteiger partial charge in [-0.1, -0.05) is 64.7 Å². The van der Waals surface area contributed by atoms with Gasteiger partial charge in [0.15, 0.2) is 17.2 Å². The molecule has 0 aliphatic carbocycles. The Hall–Kier alpha value is -3.01. The van der Waals surface area contributed by atoms with E-state index in [1.54, 1.807) is 0 Å². The molecule has 0 spiro atoms. The van der Waals surface area contributed by atoms with Crippen molar-refractivity contribution < 1.29 is 44.7 Å². The number of esters is 1. The van der Waals surface area contributed by atoms with E-state index in [-0.39, 0.29) is 18.4 Å². The molecule has 1 atom stereocenters. The highest BCUT2D eigenvalue weighted by Gasteiger charge is 2.14. The topological polar surface area (TPSA) is 188 Å². The molecule has 0 aromatic heterocycles. The Kier molecular flexibility index (Phi) is 16.8. The first-order valence-corrected chi connectivity index (χ1v) is 11.7. The number of hydrogen-bond donors (Lipinski definition) is 6. The third-order valence-corrected chi connectivity index (χ3v) is 5.02. The summed E-state index contributed by atoms with van der Waals surface area (Å²) in [5, 5.41) is 44.3. The van der Waals surface area contributed by atoms with Crippen molar-refractivity contribution in [1.29, 1.82) is 0 Å². The smallest absolute Gasteiger partial charge is 0.338 e. The number of hydrogen-bond acceptors (Lipinski definition) is 8. The van der Waals surface area contributed by atoms with Gasteiger partial charge in [-0.2, -0.15) is 0 Å². The zero-order chi connectivity index (χ0) is 25.9. The van der Waals surface area contributed by atoms with Crippen LogP contribution < -0.4 is 5.73 Å². The number of phenols is 3. The number of unbranched alkanes of at least 4 members (excludes halogenated alkanes) is 9. The van der Waals surface area contributed by atoms with Gasteiger partial charge < -0.3 is 36.0 Å². The first-order chi connectivity index (χ1) is 16.1. The SMILES string of the molecule is CCCCCCCCCCCCOC(=O)c1cc(O)c(O)c(O)c1.NC(CCC(=O)O)C(=O)O. The van der Waals surface area contributed by atoms with Crippen molar-refractivity contribution in [3.63, 3.8) is 0 Å². The summed E-state index contributed by atoms with van der Waals surface area (Å²) in [5.74, 6) is -4.53. The van der Waals surface area contributed by atoms with Gasteiger partial charge in [0.25, 0.3) is 0 Å². The minimum absolute atomic E-state index is 0.0230. The predicted molar refractivity (Wildman–Crippen MR) is 126 cm³/mol. The molecule has 0 fully saturated rings. The van der Waals surface area contributed by atoms with E-state index in [0.29, 0.717) is 6.61 Å². The van der Waals surface area contributed by atoms with Crippen LogP contribution in [0.4, 0.5) is 0 Å². The van der Waals surface area contributed by atoms with Gasteiger partial charge in [-0.3, -0.25) is 9.59 Å². The Balaban J connectivity index is 0.000000916. The van der Waals surface area contributed by atoms with Crippen LogP contribution in [-0.2, 0) is 14.3 Å². The maximum Gasteiger partial charge on any atom is 0.338 e. The number of rotatable bonds is 16. The lowest BCUT2D eigenvalue weighted by Gasteiger charge is -2.07. The van der Waals surface area contributed by atoms with Crippen LogP contribution >= 0.6 is 0 Å². The fraction of sp³-hybridized carbons (Fsp3) is 0.625. The third-order valence-electron chi connectivity index (χ3n) is 5.02. The molecule has 194 valence electrons. The normalized spacial score (nSPS) is 11.2. The van der Waals surface area contributed by atoms with E-state index in [2.05, 4.69) is 6.92 Å². The van der Waals surface area contributed by atoms with Gasteiger partial charge >= 0.3 is 17.9 Å². The summed E-state index contributed by atoms with van der Waals surface area (Å²) in [6.45, 7) is 2.54. The van der Waals surface area contributed by atoms with E-state index in [1.807, 2.05) is 0 Å². The highest BCUT2D eigenvalue weighted by molar-refractivity contribution is 5.91. The molecule has 0 heterocycles. The molecule has 10 nitrogen and oxygen atoms in total. The summed E-state index contributed by atoms with van der Waals surface area (Å²) in [4.78, 5) is 31.7. The summed E-state index contributed by atoms with van der Waals surface area (Å²) < 4.78 is 5.11. The van der Waals surface area contributed by atoms with E-state index < -0.39 is 41.2 Å². The van der Waals surface area contributed by atoms with Crippen LogP contribution in [0.15, 0.2) is 12.1 Å². The van der Waals surface area contributed by atoms with Crippen molar-refractivity contribution in [2.24, 2.45) is 5.73 Å². The van der Waals surface area contributed by atoms with Crippen molar-refractivity contribution in [3.05, 3.63) is 17.7 Å². The average molecular weight is 486 g/mol. The number of aliphatic carboxylic acids is 2. The monoisotopic (exact) mass is 485 g/mol. The fourth-order valence-electron chi connectivity index (χ4n) is 2.96. The molecule has 7 N–H and O–H groups in total. The molecule has 0 aliphatic heterocycles. The lowest BCUT2D eigenvalue weighted by atomic mass is 10.1. The lowest BCUT2D eigenvalue weighted by Crippen LogP contribution is -2.30. The van der Waals surface area contributed by atoms with Gasteiger partial charge in [-0.25, -0.2) is 4.79 Å². The molecule has 1 aromatic rings. The maximum atomic E-state index is 11.8. The Bertz CT molecular complexity index is 729. The highest BCUT2D eigenvalue weighted by Crippen LogP contribution is 2.35. The summed E-state index contributed by atoms with van der Waals surface area (Å²) >= 11 is 0. The number of carboxylic acid groups (broad SMARTS) is 2. The Morgan fingerprint density at radius 3 is 1.76 bits per heavy atom. The molecule has 0 saturated heterocycles. The molecule has 1 aromatic carbocycles. The van der Waals surface area contributed by atoms with Crippen molar-refractivity contribution in [1.82, 2.24) is 0 Å². The van der Waals surface area contributed by atoms with Gasteiger partial charge in [0.1, 0.15) is 6.04 Å². The zero-order valence-electron chi connectivity index (χ0n) is 19.9. The Morgan fingerprint density at radius 2 is 1.32 bits per heavy atom. The summed E-state index contributed by atoms with van der Waals surface area (Å²) in [6.07, 6.45) is 11.8. The number of carbonyl (C=O) groups is 3. The second-order valence-electron chi connectivity index (χ2n) is 8.06. The van der Waals surface area contributed by atoms with Gasteiger partial charge in [0.2, 0.25) is 0 Å². The van der Waals surface area contributed by atoms with Gasteiger partial charge in [-0.05, 0) is 25.0 Å². The third kappa shape index (κ3) is 14.9. The second kappa shape index (κ2) is 18.4. The van der Waals surface area contributed by atoms with Gasteiger partial charge in [-0.15, -0.1) is 0 Å². The van der Waals surface area contributed by atoms with Crippen molar-refractivity contribution in [3.8, 4) is 17.2 Å². The number of carboxylic acids is 2. The highest BCUT2D eigenvalue weighted by atomic mass is 16.5. The van der Waals surface area contributed by atoms with Crippen LogP contribution in [0.5, 0.6) is 17.2 Å².